The fourth-order valence-corrected chi connectivity index (χ4v) is 1.10. The Morgan fingerprint density at radius 2 is 2.19 bits per heavy atom. The summed E-state index contributed by atoms with van der Waals surface area (Å²) in [4.78, 5) is 15.2. The lowest BCUT2D eigenvalue weighted by atomic mass is 10.2. The van der Waals surface area contributed by atoms with Gasteiger partial charge in [0, 0.05) is 18.0 Å². The van der Waals surface area contributed by atoms with Crippen molar-refractivity contribution in [3.63, 3.8) is 0 Å². The van der Waals surface area contributed by atoms with Crippen LogP contribution in [0.2, 0.25) is 0 Å². The van der Waals surface area contributed by atoms with Crippen molar-refractivity contribution < 1.29 is 13.9 Å². The van der Waals surface area contributed by atoms with Crippen molar-refractivity contribution in [3.8, 4) is 0 Å². The molecule has 0 radical (unpaired) electrons. The number of carbonyl (C=O) groups is 1. The lowest BCUT2D eigenvalue weighted by Gasteiger charge is -2.12. The van der Waals surface area contributed by atoms with Gasteiger partial charge >= 0.3 is 5.97 Å². The molecule has 0 aliphatic heterocycles. The zero-order valence-corrected chi connectivity index (χ0v) is 9.53. The van der Waals surface area contributed by atoms with Crippen LogP contribution in [0, 0.1) is 0 Å². The Morgan fingerprint density at radius 3 is 2.69 bits per heavy atom. The second-order valence-electron chi connectivity index (χ2n) is 3.65. The molecule has 3 nitrogen and oxygen atoms in total. The molecule has 0 bridgehead atoms. The number of hydrogen-bond donors (Lipinski definition) is 0. The van der Waals surface area contributed by atoms with E-state index in [4.69, 9.17) is 4.74 Å². The zero-order valence-electron chi connectivity index (χ0n) is 9.53. The summed E-state index contributed by atoms with van der Waals surface area (Å²) in [6, 6.07) is 3.50. The predicted octanol–water partition coefficient (Wildman–Crippen LogP) is 2.95. The molecule has 1 rings (SSSR count). The van der Waals surface area contributed by atoms with Crippen LogP contribution in [-0.4, -0.2) is 11.0 Å². The number of esters is 1. The van der Waals surface area contributed by atoms with Gasteiger partial charge in [-0.05, 0) is 32.4 Å². The normalized spacial score (nSPS) is 11.8. The standard InChI is InChI=1S/C12H14FNO2/c1-8(2)11(13)12(15)16-9(3)10-5-4-6-14-7-10/h4-7,9H,1-3H3. The molecule has 0 aromatic carbocycles. The minimum Gasteiger partial charge on any atom is -0.452 e. The minimum atomic E-state index is -0.934. The van der Waals surface area contributed by atoms with Crippen LogP contribution in [0.4, 0.5) is 4.39 Å². The fourth-order valence-electron chi connectivity index (χ4n) is 1.10. The van der Waals surface area contributed by atoms with Gasteiger partial charge in [0.25, 0.3) is 0 Å². The summed E-state index contributed by atoms with van der Waals surface area (Å²) >= 11 is 0. The van der Waals surface area contributed by atoms with Crippen molar-refractivity contribution in [1.82, 2.24) is 4.98 Å². The van der Waals surface area contributed by atoms with Crippen molar-refractivity contribution in [2.45, 2.75) is 26.9 Å². The molecule has 0 aliphatic carbocycles. The van der Waals surface area contributed by atoms with Crippen LogP contribution in [-0.2, 0) is 9.53 Å². The molecule has 86 valence electrons. The van der Waals surface area contributed by atoms with Gasteiger partial charge in [-0.1, -0.05) is 6.07 Å². The summed E-state index contributed by atoms with van der Waals surface area (Å²) in [5.74, 6) is -1.77. The van der Waals surface area contributed by atoms with E-state index in [0.29, 0.717) is 5.57 Å². The van der Waals surface area contributed by atoms with Gasteiger partial charge < -0.3 is 4.74 Å². The van der Waals surface area contributed by atoms with Crippen molar-refractivity contribution in [3.05, 3.63) is 41.5 Å². The first-order valence-corrected chi connectivity index (χ1v) is 4.96. The van der Waals surface area contributed by atoms with E-state index in [1.165, 1.54) is 13.8 Å². The van der Waals surface area contributed by atoms with Crippen LogP contribution < -0.4 is 0 Å². The van der Waals surface area contributed by atoms with Crippen LogP contribution >= 0.6 is 0 Å². The Labute approximate surface area is 94.0 Å². The summed E-state index contributed by atoms with van der Waals surface area (Å²) in [5.41, 5.74) is 1.04. The van der Waals surface area contributed by atoms with Gasteiger partial charge in [-0.15, -0.1) is 0 Å². The summed E-state index contributed by atoms with van der Waals surface area (Å²) < 4.78 is 18.1. The van der Waals surface area contributed by atoms with Crippen LogP contribution in [0.15, 0.2) is 35.9 Å². The zero-order chi connectivity index (χ0) is 12.1. The minimum absolute atomic E-state index is 0.309. The highest BCUT2D eigenvalue weighted by atomic mass is 19.1. The number of aromatic nitrogens is 1. The smallest absolute Gasteiger partial charge is 0.367 e. The van der Waals surface area contributed by atoms with E-state index in [1.54, 1.807) is 31.5 Å². The number of ether oxygens (including phenoxy) is 1. The molecule has 4 heteroatoms. The van der Waals surface area contributed by atoms with E-state index < -0.39 is 17.9 Å². The molecule has 1 unspecified atom stereocenters. The van der Waals surface area contributed by atoms with Gasteiger partial charge in [0.15, 0.2) is 0 Å². The summed E-state index contributed by atoms with van der Waals surface area (Å²) in [7, 11) is 0. The number of hydrogen-bond acceptors (Lipinski definition) is 3. The van der Waals surface area contributed by atoms with E-state index in [-0.39, 0.29) is 0 Å². The van der Waals surface area contributed by atoms with Gasteiger partial charge in [0.1, 0.15) is 6.10 Å². The third kappa shape index (κ3) is 3.15. The molecular weight excluding hydrogens is 209 g/mol. The van der Waals surface area contributed by atoms with E-state index in [9.17, 15) is 9.18 Å². The average molecular weight is 223 g/mol. The van der Waals surface area contributed by atoms with Crippen molar-refractivity contribution in [2.75, 3.05) is 0 Å². The highest BCUT2D eigenvalue weighted by Crippen LogP contribution is 2.18. The molecule has 0 saturated heterocycles. The van der Waals surface area contributed by atoms with Gasteiger partial charge in [0.2, 0.25) is 5.83 Å². The second-order valence-corrected chi connectivity index (χ2v) is 3.65. The van der Waals surface area contributed by atoms with E-state index in [0.717, 1.165) is 5.56 Å². The Hall–Kier alpha value is -1.71. The Bertz CT molecular complexity index is 397. The monoisotopic (exact) mass is 223 g/mol. The molecule has 1 aromatic rings. The van der Waals surface area contributed by atoms with E-state index >= 15 is 0 Å². The lowest BCUT2D eigenvalue weighted by molar-refractivity contribution is -0.145. The highest BCUT2D eigenvalue weighted by Gasteiger charge is 2.16. The molecule has 0 amide bonds. The van der Waals surface area contributed by atoms with Gasteiger partial charge in [-0.25, -0.2) is 4.79 Å². The topological polar surface area (TPSA) is 39.2 Å². The molecule has 0 spiro atoms. The maximum absolute atomic E-state index is 13.2. The van der Waals surface area contributed by atoms with Gasteiger partial charge in [-0.2, -0.15) is 4.39 Å². The largest absolute Gasteiger partial charge is 0.452 e. The maximum Gasteiger partial charge on any atom is 0.367 e. The third-order valence-corrected chi connectivity index (χ3v) is 2.06. The lowest BCUT2D eigenvalue weighted by Crippen LogP contribution is -2.10. The predicted molar refractivity (Wildman–Crippen MR) is 58.2 cm³/mol. The van der Waals surface area contributed by atoms with Gasteiger partial charge in [0.05, 0.1) is 0 Å². The second kappa shape index (κ2) is 5.39. The van der Waals surface area contributed by atoms with Crippen LogP contribution in [0.1, 0.15) is 32.4 Å². The Kier molecular flexibility index (Phi) is 4.17. The molecule has 16 heavy (non-hydrogen) atoms. The summed E-state index contributed by atoms with van der Waals surface area (Å²) in [6.07, 6.45) is 2.69. The number of carbonyl (C=O) groups excluding carboxylic acids is 1. The van der Waals surface area contributed by atoms with E-state index in [1.807, 2.05) is 0 Å². The highest BCUT2D eigenvalue weighted by molar-refractivity contribution is 5.86. The van der Waals surface area contributed by atoms with Crippen molar-refractivity contribution in [2.24, 2.45) is 0 Å². The number of halogens is 1. The number of allylic oxidation sites excluding steroid dienone is 1. The van der Waals surface area contributed by atoms with Crippen molar-refractivity contribution >= 4 is 5.97 Å². The maximum atomic E-state index is 13.2. The molecule has 1 aromatic heterocycles. The fraction of sp³-hybridized carbons (Fsp3) is 0.333. The number of nitrogens with zero attached hydrogens (tertiary/aromatic N) is 1. The summed E-state index contributed by atoms with van der Waals surface area (Å²) in [5, 5.41) is 0. The first-order valence-electron chi connectivity index (χ1n) is 4.96. The molecule has 0 fully saturated rings. The molecule has 0 N–H and O–H groups in total. The first kappa shape index (κ1) is 12.4. The number of rotatable bonds is 3. The molecule has 1 heterocycles. The molecule has 0 saturated carbocycles. The molecule has 1 atom stereocenters. The molecular formula is C12H14FNO2. The van der Waals surface area contributed by atoms with Gasteiger partial charge in [-0.3, -0.25) is 4.98 Å². The first-order chi connectivity index (χ1) is 7.52. The van der Waals surface area contributed by atoms with Crippen LogP contribution in [0.5, 0.6) is 0 Å². The SMILES string of the molecule is CC(C)=C(F)C(=O)OC(C)c1cccnc1. The molecule has 0 aliphatic rings. The Morgan fingerprint density at radius 1 is 1.50 bits per heavy atom. The summed E-state index contributed by atoms with van der Waals surface area (Å²) in [6.45, 7) is 4.71. The van der Waals surface area contributed by atoms with E-state index in [2.05, 4.69) is 4.98 Å². The Balaban J connectivity index is 2.70. The van der Waals surface area contributed by atoms with Crippen LogP contribution in [0.3, 0.4) is 0 Å². The van der Waals surface area contributed by atoms with Crippen molar-refractivity contribution in [1.29, 1.82) is 0 Å². The third-order valence-electron chi connectivity index (χ3n) is 2.06. The quantitative estimate of drug-likeness (QED) is 0.584. The number of pyridine rings is 1. The van der Waals surface area contributed by atoms with Crippen LogP contribution in [0.25, 0.3) is 0 Å². The average Bonchev–Trinajstić information content (AvgIpc) is 2.28.